The predicted molar refractivity (Wildman–Crippen MR) is 94.5 cm³/mol. The molecular formula is C18H23N2O3S+. The number of amides is 1. The number of carbonyl (C=O) groups excluding carboxylic acids is 2. The van der Waals surface area contributed by atoms with Crippen LogP contribution in [0.15, 0.2) is 18.3 Å². The van der Waals surface area contributed by atoms with Gasteiger partial charge in [-0.05, 0) is 39.3 Å². The number of ether oxygens (including phenoxy) is 1. The van der Waals surface area contributed by atoms with E-state index in [2.05, 4.69) is 5.32 Å². The van der Waals surface area contributed by atoms with Crippen molar-refractivity contribution in [3.63, 3.8) is 0 Å². The molecule has 0 spiro atoms. The highest BCUT2D eigenvalue weighted by Gasteiger charge is 2.23. The van der Waals surface area contributed by atoms with Crippen molar-refractivity contribution in [1.29, 1.82) is 0 Å². The monoisotopic (exact) mass is 347 g/mol. The standard InChI is InChI=1S/C18H22N2O3S/c1-6-23-18(22)16-12(3)14(5)24-17(16)19-15(21)10-20-9-7-8-11(2)13(20)4/h7-9H,6,10H2,1-5H3/p+1. The first kappa shape index (κ1) is 18.1. The highest BCUT2D eigenvalue weighted by molar-refractivity contribution is 7.16. The second-order valence-corrected chi connectivity index (χ2v) is 6.89. The summed E-state index contributed by atoms with van der Waals surface area (Å²) in [6.07, 6.45) is 1.87. The molecule has 2 rings (SSSR count). The second kappa shape index (κ2) is 7.57. The Morgan fingerprint density at radius 3 is 2.62 bits per heavy atom. The molecular weight excluding hydrogens is 324 g/mol. The van der Waals surface area contributed by atoms with E-state index in [0.717, 1.165) is 21.7 Å². The zero-order chi connectivity index (χ0) is 17.9. The van der Waals surface area contributed by atoms with Crippen LogP contribution >= 0.6 is 11.3 Å². The van der Waals surface area contributed by atoms with E-state index in [9.17, 15) is 9.59 Å². The number of carbonyl (C=O) groups is 2. The fraction of sp³-hybridized carbons (Fsp3) is 0.389. The molecule has 2 aromatic rings. The molecule has 0 fully saturated rings. The largest absolute Gasteiger partial charge is 0.462 e. The van der Waals surface area contributed by atoms with Crippen molar-refractivity contribution in [1.82, 2.24) is 0 Å². The van der Waals surface area contributed by atoms with Crippen LogP contribution in [0.1, 0.15) is 39.0 Å². The van der Waals surface area contributed by atoms with Gasteiger partial charge in [0, 0.05) is 23.4 Å². The highest BCUT2D eigenvalue weighted by Crippen LogP contribution is 2.32. The Bertz CT molecular complexity index is 781. The summed E-state index contributed by atoms with van der Waals surface area (Å²) < 4.78 is 7.00. The molecule has 1 amide bonds. The summed E-state index contributed by atoms with van der Waals surface area (Å²) in [7, 11) is 0. The Labute approximate surface area is 146 Å². The van der Waals surface area contributed by atoms with Gasteiger partial charge in [0.15, 0.2) is 11.9 Å². The van der Waals surface area contributed by atoms with Crippen LogP contribution in [0.5, 0.6) is 0 Å². The predicted octanol–water partition coefficient (Wildman–Crippen LogP) is 3.08. The summed E-state index contributed by atoms with van der Waals surface area (Å²) in [5.41, 5.74) is 3.48. The van der Waals surface area contributed by atoms with Gasteiger partial charge in [0.2, 0.25) is 6.54 Å². The van der Waals surface area contributed by atoms with Gasteiger partial charge in [-0.3, -0.25) is 4.79 Å². The van der Waals surface area contributed by atoms with Gasteiger partial charge >= 0.3 is 5.97 Å². The molecule has 5 nitrogen and oxygen atoms in total. The third-order valence-corrected chi connectivity index (χ3v) is 5.17. The first-order valence-corrected chi connectivity index (χ1v) is 8.69. The molecule has 0 unspecified atom stereocenters. The van der Waals surface area contributed by atoms with Crippen LogP contribution in [-0.4, -0.2) is 18.5 Å². The Morgan fingerprint density at radius 2 is 1.96 bits per heavy atom. The average Bonchev–Trinajstić information content (AvgIpc) is 2.78. The summed E-state index contributed by atoms with van der Waals surface area (Å²) in [6, 6.07) is 3.92. The van der Waals surface area contributed by atoms with Gasteiger partial charge in [0.1, 0.15) is 5.00 Å². The molecule has 0 saturated carbocycles. The number of nitrogens with one attached hydrogen (secondary N) is 1. The van der Waals surface area contributed by atoms with Gasteiger partial charge in [0.05, 0.1) is 12.2 Å². The number of anilines is 1. The number of aryl methyl sites for hydroxylation is 2. The van der Waals surface area contributed by atoms with Crippen molar-refractivity contribution in [3.05, 3.63) is 45.6 Å². The van der Waals surface area contributed by atoms with Gasteiger partial charge in [-0.15, -0.1) is 11.3 Å². The maximum Gasteiger partial charge on any atom is 0.341 e. The Balaban J connectivity index is 2.22. The number of hydrogen-bond acceptors (Lipinski definition) is 4. The van der Waals surface area contributed by atoms with E-state index >= 15 is 0 Å². The van der Waals surface area contributed by atoms with Gasteiger partial charge in [-0.25, -0.2) is 4.79 Å². The van der Waals surface area contributed by atoms with E-state index < -0.39 is 5.97 Å². The van der Waals surface area contributed by atoms with Crippen molar-refractivity contribution >= 4 is 28.2 Å². The molecule has 0 aliphatic heterocycles. The number of rotatable bonds is 5. The fourth-order valence-corrected chi connectivity index (χ4v) is 3.47. The number of thiophene rings is 1. The molecule has 0 saturated heterocycles. The van der Waals surface area contributed by atoms with Crippen LogP contribution in [0.4, 0.5) is 5.00 Å². The topological polar surface area (TPSA) is 59.3 Å². The zero-order valence-electron chi connectivity index (χ0n) is 14.7. The normalized spacial score (nSPS) is 10.5. The third-order valence-electron chi connectivity index (χ3n) is 4.05. The maximum atomic E-state index is 12.4. The minimum atomic E-state index is -0.394. The van der Waals surface area contributed by atoms with Crippen molar-refractivity contribution in [2.24, 2.45) is 0 Å². The summed E-state index contributed by atoms with van der Waals surface area (Å²) >= 11 is 1.40. The summed E-state index contributed by atoms with van der Waals surface area (Å²) in [5, 5.41) is 3.42. The summed E-state index contributed by atoms with van der Waals surface area (Å²) in [6.45, 7) is 10.1. The number of hydrogen-bond donors (Lipinski definition) is 1. The molecule has 0 atom stereocenters. The van der Waals surface area contributed by atoms with E-state index in [1.54, 1.807) is 6.92 Å². The van der Waals surface area contributed by atoms with Crippen molar-refractivity contribution in [2.75, 3.05) is 11.9 Å². The SMILES string of the molecule is CCOC(=O)c1c(NC(=O)C[n+]2cccc(C)c2C)sc(C)c1C. The third kappa shape index (κ3) is 3.82. The minimum absolute atomic E-state index is 0.166. The number of esters is 1. The lowest BCUT2D eigenvalue weighted by Crippen LogP contribution is -2.43. The van der Waals surface area contributed by atoms with Crippen LogP contribution in [0.3, 0.4) is 0 Å². The molecule has 0 radical (unpaired) electrons. The summed E-state index contributed by atoms with van der Waals surface area (Å²) in [5.74, 6) is -0.561. The second-order valence-electron chi connectivity index (χ2n) is 5.66. The zero-order valence-corrected chi connectivity index (χ0v) is 15.5. The van der Waals surface area contributed by atoms with Gasteiger partial charge in [-0.1, -0.05) is 0 Å². The Hall–Kier alpha value is -2.21. The smallest absolute Gasteiger partial charge is 0.341 e. The molecule has 24 heavy (non-hydrogen) atoms. The van der Waals surface area contributed by atoms with Crippen molar-refractivity contribution in [2.45, 2.75) is 41.2 Å². The number of nitrogens with zero attached hydrogens (tertiary/aromatic N) is 1. The highest BCUT2D eigenvalue weighted by atomic mass is 32.1. The van der Waals surface area contributed by atoms with Crippen molar-refractivity contribution in [3.8, 4) is 0 Å². The van der Waals surface area contributed by atoms with Crippen LogP contribution in [-0.2, 0) is 16.1 Å². The van der Waals surface area contributed by atoms with Crippen LogP contribution in [0.25, 0.3) is 0 Å². The van der Waals surface area contributed by atoms with Crippen LogP contribution in [0.2, 0.25) is 0 Å². The maximum absolute atomic E-state index is 12.4. The quantitative estimate of drug-likeness (QED) is 0.668. The molecule has 0 bridgehead atoms. The molecule has 128 valence electrons. The van der Waals surface area contributed by atoms with Gasteiger partial charge < -0.3 is 10.1 Å². The Morgan fingerprint density at radius 1 is 1.25 bits per heavy atom. The lowest BCUT2D eigenvalue weighted by atomic mass is 10.1. The Kier molecular flexibility index (Phi) is 5.72. The minimum Gasteiger partial charge on any atom is -0.462 e. The molecule has 2 heterocycles. The van der Waals surface area contributed by atoms with E-state index in [0.29, 0.717) is 17.2 Å². The molecule has 0 aromatic carbocycles. The van der Waals surface area contributed by atoms with Crippen molar-refractivity contribution < 1.29 is 18.9 Å². The van der Waals surface area contributed by atoms with E-state index in [1.165, 1.54) is 11.3 Å². The first-order valence-electron chi connectivity index (χ1n) is 7.87. The summed E-state index contributed by atoms with van der Waals surface area (Å²) in [4.78, 5) is 25.6. The van der Waals surface area contributed by atoms with Gasteiger partial charge in [-0.2, -0.15) is 4.57 Å². The van der Waals surface area contributed by atoms with Crippen LogP contribution < -0.4 is 9.88 Å². The molecule has 6 heteroatoms. The molecule has 0 aliphatic carbocycles. The fourth-order valence-electron chi connectivity index (χ4n) is 2.41. The lowest BCUT2D eigenvalue weighted by Gasteiger charge is -2.07. The lowest BCUT2D eigenvalue weighted by molar-refractivity contribution is -0.690. The number of pyridine rings is 1. The van der Waals surface area contributed by atoms with E-state index in [1.807, 2.05) is 50.6 Å². The first-order chi connectivity index (χ1) is 11.3. The van der Waals surface area contributed by atoms with E-state index in [-0.39, 0.29) is 12.5 Å². The molecule has 0 aliphatic rings. The molecule has 1 N–H and O–H groups in total. The average molecular weight is 347 g/mol. The van der Waals surface area contributed by atoms with Crippen LogP contribution in [0, 0.1) is 27.7 Å². The number of aromatic nitrogens is 1. The molecule has 2 aromatic heterocycles. The van der Waals surface area contributed by atoms with E-state index in [4.69, 9.17) is 4.74 Å². The van der Waals surface area contributed by atoms with Gasteiger partial charge in [0.25, 0.3) is 5.91 Å².